The van der Waals surface area contributed by atoms with Gasteiger partial charge in [-0.25, -0.2) is 9.69 Å². The van der Waals surface area contributed by atoms with Crippen LogP contribution in [-0.2, 0) is 17.9 Å². The fourth-order valence-electron chi connectivity index (χ4n) is 3.48. The van der Waals surface area contributed by atoms with E-state index in [1.54, 1.807) is 6.07 Å². The summed E-state index contributed by atoms with van der Waals surface area (Å²) in [5, 5.41) is 9.48. The molecule has 0 radical (unpaired) electrons. The zero-order valence-corrected chi connectivity index (χ0v) is 15.0. The molecule has 1 aromatic heterocycles. The molecule has 29 heavy (non-hydrogen) atoms. The molecule has 2 aromatic rings. The number of aliphatic hydroxyl groups excluding tert-OH is 1. The van der Waals surface area contributed by atoms with Gasteiger partial charge in [-0.3, -0.25) is 9.78 Å². The summed E-state index contributed by atoms with van der Waals surface area (Å²) in [5.74, 6) is -0.852. The van der Waals surface area contributed by atoms with Crippen molar-refractivity contribution in [2.45, 2.75) is 37.9 Å². The highest BCUT2D eigenvalue weighted by atomic mass is 19.4. The molecule has 1 saturated carbocycles. The Bertz CT molecular complexity index is 958. The van der Waals surface area contributed by atoms with Gasteiger partial charge in [0, 0.05) is 24.5 Å². The van der Waals surface area contributed by atoms with Gasteiger partial charge in [-0.05, 0) is 48.7 Å². The Hall–Kier alpha value is -3.14. The Morgan fingerprint density at radius 2 is 1.79 bits per heavy atom. The number of alkyl halides is 3. The number of amides is 3. The Morgan fingerprint density at radius 3 is 2.38 bits per heavy atom. The van der Waals surface area contributed by atoms with E-state index in [4.69, 9.17) is 0 Å². The van der Waals surface area contributed by atoms with Crippen molar-refractivity contribution in [3.63, 3.8) is 0 Å². The second-order valence-corrected chi connectivity index (χ2v) is 6.89. The number of aliphatic hydroxyl groups is 1. The summed E-state index contributed by atoms with van der Waals surface area (Å²) in [4.78, 5) is 32.4. The van der Waals surface area contributed by atoms with Gasteiger partial charge in [0.1, 0.15) is 11.3 Å². The number of hydrogen-bond donors (Lipinski definition) is 1. The van der Waals surface area contributed by atoms with Crippen LogP contribution in [0.5, 0.6) is 5.75 Å². The fourth-order valence-corrected chi connectivity index (χ4v) is 3.48. The summed E-state index contributed by atoms with van der Waals surface area (Å²) in [7, 11) is 0. The molecule has 4 rings (SSSR count). The highest BCUT2D eigenvalue weighted by Gasteiger charge is 2.65. The number of halogens is 3. The van der Waals surface area contributed by atoms with Crippen molar-refractivity contribution in [2.24, 2.45) is 0 Å². The van der Waals surface area contributed by atoms with E-state index in [2.05, 4.69) is 9.72 Å². The molecule has 0 bridgehead atoms. The summed E-state index contributed by atoms with van der Waals surface area (Å²) in [6.45, 7) is -0.134. The largest absolute Gasteiger partial charge is 0.573 e. The quantitative estimate of drug-likeness (QED) is 0.771. The molecule has 1 aliphatic carbocycles. The second kappa shape index (κ2) is 6.73. The lowest BCUT2D eigenvalue weighted by atomic mass is 10.1. The van der Waals surface area contributed by atoms with E-state index >= 15 is 0 Å². The Morgan fingerprint density at radius 1 is 1.10 bits per heavy atom. The molecule has 0 atom stereocenters. The Labute approximate surface area is 163 Å². The molecule has 7 nitrogen and oxygen atoms in total. The smallest absolute Gasteiger partial charge is 0.406 e. The van der Waals surface area contributed by atoms with Gasteiger partial charge in [-0.15, -0.1) is 13.2 Å². The highest BCUT2D eigenvalue weighted by molar-refractivity contribution is 6.24. The van der Waals surface area contributed by atoms with E-state index in [0.29, 0.717) is 24.0 Å². The molecular formula is C19H16F3N3O4. The number of carbonyl (C=O) groups excluding carboxylic acids is 2. The first kappa shape index (κ1) is 19.2. The first-order chi connectivity index (χ1) is 13.7. The van der Waals surface area contributed by atoms with Crippen LogP contribution < -0.4 is 9.64 Å². The predicted octanol–water partition coefficient (Wildman–Crippen LogP) is 2.97. The number of nitrogens with zero attached hydrogens (tertiary/aromatic N) is 3. The van der Waals surface area contributed by atoms with Crippen molar-refractivity contribution < 1.29 is 32.6 Å². The fraction of sp³-hybridized carbons (Fsp3) is 0.316. The monoisotopic (exact) mass is 407 g/mol. The third-order valence-corrected chi connectivity index (χ3v) is 5.10. The van der Waals surface area contributed by atoms with Gasteiger partial charge in [-0.2, -0.15) is 0 Å². The van der Waals surface area contributed by atoms with Crippen LogP contribution in [0.3, 0.4) is 0 Å². The number of rotatable bonds is 5. The molecule has 2 aliphatic rings. The summed E-state index contributed by atoms with van der Waals surface area (Å²) >= 11 is 0. The average Bonchev–Trinajstić information content (AvgIpc) is 3.45. The van der Waals surface area contributed by atoms with E-state index in [-0.39, 0.29) is 18.8 Å². The van der Waals surface area contributed by atoms with Gasteiger partial charge in [0.15, 0.2) is 0 Å². The maximum atomic E-state index is 13.0. The van der Waals surface area contributed by atoms with Crippen LogP contribution in [-0.4, -0.2) is 38.8 Å². The molecule has 2 heterocycles. The normalized spacial score (nSPS) is 17.9. The number of pyridine rings is 1. The van der Waals surface area contributed by atoms with E-state index in [9.17, 15) is 27.9 Å². The molecule has 1 spiro atoms. The lowest BCUT2D eigenvalue weighted by Gasteiger charge is -2.22. The van der Waals surface area contributed by atoms with Crippen LogP contribution in [0.2, 0.25) is 0 Å². The molecule has 10 heteroatoms. The summed E-state index contributed by atoms with van der Waals surface area (Å²) < 4.78 is 40.8. The van der Waals surface area contributed by atoms with Crippen molar-refractivity contribution in [1.82, 2.24) is 9.88 Å². The molecule has 1 aliphatic heterocycles. The van der Waals surface area contributed by atoms with Crippen LogP contribution >= 0.6 is 0 Å². The van der Waals surface area contributed by atoms with Crippen LogP contribution in [0.4, 0.5) is 23.7 Å². The third-order valence-electron chi connectivity index (χ3n) is 5.10. The molecule has 1 saturated heterocycles. The minimum Gasteiger partial charge on any atom is -0.406 e. The lowest BCUT2D eigenvalue weighted by Crippen LogP contribution is -2.36. The number of ether oxygens (including phenoxy) is 1. The molecular weight excluding hydrogens is 391 g/mol. The van der Waals surface area contributed by atoms with Gasteiger partial charge < -0.3 is 14.7 Å². The Balaban J connectivity index is 1.60. The van der Waals surface area contributed by atoms with E-state index < -0.39 is 29.6 Å². The minimum atomic E-state index is -4.83. The van der Waals surface area contributed by atoms with Gasteiger partial charge in [0.25, 0.3) is 5.91 Å². The molecule has 1 aromatic carbocycles. The second-order valence-electron chi connectivity index (χ2n) is 6.89. The van der Waals surface area contributed by atoms with Crippen molar-refractivity contribution in [1.29, 1.82) is 0 Å². The zero-order valence-electron chi connectivity index (χ0n) is 15.0. The van der Waals surface area contributed by atoms with E-state index in [0.717, 1.165) is 17.0 Å². The standard InChI is InChI=1S/C19H16F3N3O4/c20-19(21,22)29-15-3-1-14(2-4-15)25-16(27)18(6-7-18)24(17(25)28)10-12-5-8-23-9-13(12)11-26/h1-5,8-9,26H,6-7,10-11H2. The molecule has 152 valence electrons. The number of imide groups is 1. The van der Waals surface area contributed by atoms with Crippen LogP contribution in [0.15, 0.2) is 42.7 Å². The number of anilines is 1. The minimum absolute atomic E-state index is 0.120. The van der Waals surface area contributed by atoms with Crippen molar-refractivity contribution in [3.8, 4) is 5.75 Å². The zero-order chi connectivity index (χ0) is 20.8. The lowest BCUT2D eigenvalue weighted by molar-refractivity contribution is -0.274. The van der Waals surface area contributed by atoms with Crippen LogP contribution in [0, 0.1) is 0 Å². The summed E-state index contributed by atoms with van der Waals surface area (Å²) in [6.07, 6.45) is -0.793. The van der Waals surface area contributed by atoms with Gasteiger partial charge in [0.05, 0.1) is 12.3 Å². The maximum absolute atomic E-state index is 13.0. The maximum Gasteiger partial charge on any atom is 0.573 e. The van der Waals surface area contributed by atoms with Crippen molar-refractivity contribution >= 4 is 17.6 Å². The first-order valence-electron chi connectivity index (χ1n) is 8.80. The van der Waals surface area contributed by atoms with E-state index in [1.165, 1.54) is 29.4 Å². The molecule has 1 N–H and O–H groups in total. The molecule has 3 amide bonds. The molecule has 0 unspecified atom stereocenters. The van der Waals surface area contributed by atoms with Crippen LogP contribution in [0.25, 0.3) is 0 Å². The van der Waals surface area contributed by atoms with Gasteiger partial charge >= 0.3 is 12.4 Å². The third kappa shape index (κ3) is 3.39. The van der Waals surface area contributed by atoms with Crippen LogP contribution in [0.1, 0.15) is 24.0 Å². The summed E-state index contributed by atoms with van der Waals surface area (Å²) in [6, 6.07) is 5.70. The van der Waals surface area contributed by atoms with Crippen molar-refractivity contribution in [2.75, 3.05) is 4.90 Å². The van der Waals surface area contributed by atoms with Gasteiger partial charge in [0.2, 0.25) is 0 Å². The number of carbonyl (C=O) groups is 2. The number of aromatic nitrogens is 1. The number of urea groups is 1. The Kier molecular flexibility index (Phi) is 4.45. The number of benzene rings is 1. The first-order valence-corrected chi connectivity index (χ1v) is 8.80. The number of hydrogen-bond acceptors (Lipinski definition) is 5. The molecule has 2 fully saturated rings. The SMILES string of the molecule is O=C1N(c2ccc(OC(F)(F)F)cc2)C(=O)C2(CC2)N1Cc1ccncc1CO. The average molecular weight is 407 g/mol. The van der Waals surface area contributed by atoms with Crippen molar-refractivity contribution in [3.05, 3.63) is 53.9 Å². The van der Waals surface area contributed by atoms with Gasteiger partial charge in [-0.1, -0.05) is 0 Å². The topological polar surface area (TPSA) is 83.0 Å². The highest BCUT2D eigenvalue weighted by Crippen LogP contribution is 2.49. The van der Waals surface area contributed by atoms with E-state index in [1.807, 2.05) is 0 Å². The predicted molar refractivity (Wildman–Crippen MR) is 93.7 cm³/mol. The summed E-state index contributed by atoms with van der Waals surface area (Å²) in [5.41, 5.74) is 0.440.